The molecule has 4 nitrogen and oxygen atoms in total. The van der Waals surface area contributed by atoms with E-state index in [1.54, 1.807) is 0 Å². The van der Waals surface area contributed by atoms with Gasteiger partial charge in [0, 0.05) is 48.5 Å². The van der Waals surface area contributed by atoms with Gasteiger partial charge >= 0.3 is 0 Å². The molecular weight excluding hydrogens is 419 g/mol. The molecule has 1 atom stereocenters. The standard InChI is InChI=1S/C21H26Cl2N2O2.ClH/c1-15-3-4-17(22)12-21(15)25-9-7-24(8-10-25)13-18(26)14-27-19-5-6-20(23)16(2)11-19;/h3-6,11-12,18,26H,7-10,13-14H2,1-2H3;1H. The molecule has 1 unspecified atom stereocenters. The van der Waals surface area contributed by atoms with E-state index in [2.05, 4.69) is 22.8 Å². The van der Waals surface area contributed by atoms with Crippen molar-refractivity contribution in [3.63, 3.8) is 0 Å². The maximum absolute atomic E-state index is 10.3. The number of benzene rings is 2. The van der Waals surface area contributed by atoms with Crippen LogP contribution in [0.4, 0.5) is 5.69 Å². The van der Waals surface area contributed by atoms with Crippen LogP contribution in [0.15, 0.2) is 36.4 Å². The van der Waals surface area contributed by atoms with Gasteiger partial charge in [-0.15, -0.1) is 12.4 Å². The lowest BCUT2D eigenvalue weighted by atomic mass is 10.1. The lowest BCUT2D eigenvalue weighted by Crippen LogP contribution is -2.49. The van der Waals surface area contributed by atoms with Gasteiger partial charge in [-0.3, -0.25) is 4.90 Å². The van der Waals surface area contributed by atoms with Crippen LogP contribution in [0.1, 0.15) is 11.1 Å². The summed E-state index contributed by atoms with van der Waals surface area (Å²) >= 11 is 12.2. The monoisotopic (exact) mass is 444 g/mol. The van der Waals surface area contributed by atoms with Crippen molar-refractivity contribution in [3.8, 4) is 5.75 Å². The Labute approximate surface area is 183 Å². The van der Waals surface area contributed by atoms with E-state index >= 15 is 0 Å². The summed E-state index contributed by atoms with van der Waals surface area (Å²) in [6, 6.07) is 11.5. The Kier molecular flexibility index (Phi) is 8.72. The van der Waals surface area contributed by atoms with Crippen molar-refractivity contribution < 1.29 is 9.84 Å². The molecule has 0 saturated carbocycles. The number of aliphatic hydroxyl groups is 1. The average Bonchev–Trinajstić information content (AvgIpc) is 2.65. The van der Waals surface area contributed by atoms with Gasteiger partial charge in [0.2, 0.25) is 0 Å². The number of nitrogens with zero attached hydrogens (tertiary/aromatic N) is 2. The maximum atomic E-state index is 10.3. The third kappa shape index (κ3) is 6.16. The molecule has 1 aliphatic rings. The minimum absolute atomic E-state index is 0. The third-order valence-electron chi connectivity index (χ3n) is 4.92. The van der Waals surface area contributed by atoms with E-state index in [-0.39, 0.29) is 19.0 Å². The number of rotatable bonds is 6. The Morgan fingerprint density at radius 1 is 1.00 bits per heavy atom. The Balaban J connectivity index is 0.00000280. The quantitative estimate of drug-likeness (QED) is 0.705. The minimum atomic E-state index is -0.527. The van der Waals surface area contributed by atoms with Crippen LogP contribution in [0.2, 0.25) is 10.0 Å². The molecule has 1 aliphatic heterocycles. The number of hydrogen-bond donors (Lipinski definition) is 1. The summed E-state index contributed by atoms with van der Waals surface area (Å²) in [5.74, 6) is 0.734. The molecule has 28 heavy (non-hydrogen) atoms. The van der Waals surface area contributed by atoms with Crippen LogP contribution in [-0.2, 0) is 0 Å². The zero-order valence-electron chi connectivity index (χ0n) is 16.2. The summed E-state index contributed by atoms with van der Waals surface area (Å²) in [5.41, 5.74) is 3.40. The smallest absolute Gasteiger partial charge is 0.119 e. The first-order chi connectivity index (χ1) is 12.9. The number of aryl methyl sites for hydroxylation is 2. The second-order valence-electron chi connectivity index (χ2n) is 7.09. The van der Waals surface area contributed by atoms with Crippen molar-refractivity contribution in [2.24, 2.45) is 0 Å². The van der Waals surface area contributed by atoms with Crippen LogP contribution in [0, 0.1) is 13.8 Å². The molecule has 1 heterocycles. The van der Waals surface area contributed by atoms with E-state index < -0.39 is 6.10 Å². The molecule has 1 fully saturated rings. The normalized spacial score (nSPS) is 15.8. The van der Waals surface area contributed by atoms with E-state index in [0.717, 1.165) is 47.5 Å². The molecule has 0 amide bonds. The predicted molar refractivity (Wildman–Crippen MR) is 120 cm³/mol. The van der Waals surface area contributed by atoms with Crippen molar-refractivity contribution >= 4 is 41.3 Å². The fourth-order valence-electron chi connectivity index (χ4n) is 3.34. The summed E-state index contributed by atoms with van der Waals surface area (Å²) in [6.07, 6.45) is -0.527. The van der Waals surface area contributed by atoms with Gasteiger partial charge < -0.3 is 14.7 Å². The first kappa shape index (κ1) is 23.1. The summed E-state index contributed by atoms with van der Waals surface area (Å²) in [6.45, 7) is 8.58. The number of halogens is 3. The first-order valence-corrected chi connectivity index (χ1v) is 9.98. The third-order valence-corrected chi connectivity index (χ3v) is 5.58. The number of piperazine rings is 1. The van der Waals surface area contributed by atoms with Crippen molar-refractivity contribution in [1.29, 1.82) is 0 Å². The fourth-order valence-corrected chi connectivity index (χ4v) is 3.63. The molecule has 154 valence electrons. The van der Waals surface area contributed by atoms with E-state index in [1.807, 2.05) is 37.3 Å². The SMILES string of the molecule is Cc1cc(OCC(O)CN2CCN(c3cc(Cl)ccc3C)CC2)ccc1Cl.Cl. The van der Waals surface area contributed by atoms with Crippen LogP contribution >= 0.6 is 35.6 Å². The van der Waals surface area contributed by atoms with E-state index in [1.165, 1.54) is 11.3 Å². The number of β-amino-alcohol motifs (C(OH)–C–C–N with tert-alkyl or cyclic N) is 1. The van der Waals surface area contributed by atoms with Crippen LogP contribution in [0.25, 0.3) is 0 Å². The van der Waals surface area contributed by atoms with Crippen LogP contribution in [0.3, 0.4) is 0 Å². The minimum Gasteiger partial charge on any atom is -0.491 e. The summed E-state index contributed by atoms with van der Waals surface area (Å²) in [5, 5.41) is 11.8. The summed E-state index contributed by atoms with van der Waals surface area (Å²) in [4.78, 5) is 4.63. The van der Waals surface area contributed by atoms with Gasteiger partial charge in [-0.2, -0.15) is 0 Å². The van der Waals surface area contributed by atoms with Crippen molar-refractivity contribution in [3.05, 3.63) is 57.6 Å². The van der Waals surface area contributed by atoms with Crippen LogP contribution in [-0.4, -0.2) is 55.4 Å². The molecule has 0 bridgehead atoms. The predicted octanol–water partition coefficient (Wildman–Crippen LogP) is 4.59. The van der Waals surface area contributed by atoms with Gasteiger partial charge in [0.25, 0.3) is 0 Å². The second-order valence-corrected chi connectivity index (χ2v) is 7.94. The Morgan fingerprint density at radius 3 is 2.39 bits per heavy atom. The van der Waals surface area contributed by atoms with E-state index in [4.69, 9.17) is 27.9 Å². The largest absolute Gasteiger partial charge is 0.491 e. The second kappa shape index (κ2) is 10.6. The first-order valence-electron chi connectivity index (χ1n) is 9.23. The number of aliphatic hydroxyl groups excluding tert-OH is 1. The van der Waals surface area contributed by atoms with Crippen molar-refractivity contribution in [2.45, 2.75) is 20.0 Å². The Hall–Kier alpha value is -1.17. The lowest BCUT2D eigenvalue weighted by Gasteiger charge is -2.37. The van der Waals surface area contributed by atoms with E-state index in [0.29, 0.717) is 6.54 Å². The zero-order chi connectivity index (χ0) is 19.4. The summed E-state index contributed by atoms with van der Waals surface area (Å²) < 4.78 is 5.70. The van der Waals surface area contributed by atoms with Gasteiger partial charge in [0.1, 0.15) is 18.5 Å². The molecule has 1 saturated heterocycles. The fraction of sp³-hybridized carbons (Fsp3) is 0.429. The number of hydrogen-bond acceptors (Lipinski definition) is 4. The molecule has 2 aromatic carbocycles. The highest BCUT2D eigenvalue weighted by molar-refractivity contribution is 6.31. The molecule has 2 aromatic rings. The molecule has 3 rings (SSSR count). The average molecular weight is 446 g/mol. The van der Waals surface area contributed by atoms with Gasteiger partial charge in [0.05, 0.1) is 0 Å². The van der Waals surface area contributed by atoms with Crippen LogP contribution < -0.4 is 9.64 Å². The zero-order valence-corrected chi connectivity index (χ0v) is 18.5. The highest BCUT2D eigenvalue weighted by Gasteiger charge is 2.21. The molecule has 0 aromatic heterocycles. The molecule has 0 radical (unpaired) electrons. The number of ether oxygens (including phenoxy) is 1. The number of anilines is 1. The van der Waals surface area contributed by atoms with Gasteiger partial charge in [-0.05, 0) is 55.3 Å². The highest BCUT2D eigenvalue weighted by Crippen LogP contribution is 2.25. The lowest BCUT2D eigenvalue weighted by molar-refractivity contribution is 0.0663. The van der Waals surface area contributed by atoms with Gasteiger partial charge in [0.15, 0.2) is 0 Å². The molecule has 0 aliphatic carbocycles. The topological polar surface area (TPSA) is 35.9 Å². The van der Waals surface area contributed by atoms with Crippen LogP contribution in [0.5, 0.6) is 5.75 Å². The molecular formula is C21H27Cl3N2O2. The Bertz CT molecular complexity index is 780. The van der Waals surface area contributed by atoms with E-state index in [9.17, 15) is 5.11 Å². The molecule has 0 spiro atoms. The van der Waals surface area contributed by atoms with Gasteiger partial charge in [-0.1, -0.05) is 29.3 Å². The Morgan fingerprint density at radius 2 is 1.71 bits per heavy atom. The van der Waals surface area contributed by atoms with Crippen molar-refractivity contribution in [1.82, 2.24) is 4.90 Å². The highest BCUT2D eigenvalue weighted by atomic mass is 35.5. The van der Waals surface area contributed by atoms with Gasteiger partial charge in [-0.25, -0.2) is 0 Å². The van der Waals surface area contributed by atoms with Crippen molar-refractivity contribution in [2.75, 3.05) is 44.2 Å². The molecule has 1 N–H and O–H groups in total. The maximum Gasteiger partial charge on any atom is 0.119 e. The summed E-state index contributed by atoms with van der Waals surface area (Å²) in [7, 11) is 0. The molecule has 7 heteroatoms.